The van der Waals surface area contributed by atoms with Gasteiger partial charge in [-0.3, -0.25) is 10.1 Å². The van der Waals surface area contributed by atoms with E-state index in [1.807, 2.05) is 6.92 Å². The van der Waals surface area contributed by atoms with Crippen LogP contribution in [0.4, 0.5) is 5.69 Å². The third-order valence-electron chi connectivity index (χ3n) is 5.77. The maximum Gasteiger partial charge on any atom is 0.270 e. The molecule has 0 N–H and O–H groups in total. The van der Waals surface area contributed by atoms with Gasteiger partial charge < -0.3 is 23.7 Å². The van der Waals surface area contributed by atoms with E-state index < -0.39 is 10.3 Å². The zero-order valence-corrected chi connectivity index (χ0v) is 18.0. The quantitative estimate of drug-likeness (QED) is 0.252. The molecule has 0 bridgehead atoms. The van der Waals surface area contributed by atoms with Crippen LogP contribution in [0, 0.1) is 17.0 Å². The van der Waals surface area contributed by atoms with Gasteiger partial charge in [0.1, 0.15) is 18.3 Å². The van der Waals surface area contributed by atoms with E-state index in [-0.39, 0.29) is 31.8 Å². The van der Waals surface area contributed by atoms with Crippen LogP contribution in [-0.2, 0) is 24.4 Å². The Hall–Kier alpha value is -2.88. The number of hydrogen-bond acceptors (Lipinski definition) is 8. The highest BCUT2D eigenvalue weighted by Crippen LogP contribution is 2.35. The number of carbonyl (C=O) groups excluding carboxylic acids is 1. The van der Waals surface area contributed by atoms with Crippen molar-refractivity contribution in [1.29, 1.82) is 0 Å². The Morgan fingerprint density at radius 1 is 1.25 bits per heavy atom. The summed E-state index contributed by atoms with van der Waals surface area (Å²) in [6, 6.07) is 8.20. The van der Waals surface area contributed by atoms with Crippen LogP contribution in [0.1, 0.15) is 30.5 Å². The fourth-order valence-electron chi connectivity index (χ4n) is 3.79. The van der Waals surface area contributed by atoms with Crippen molar-refractivity contribution in [1.82, 2.24) is 4.98 Å². The summed E-state index contributed by atoms with van der Waals surface area (Å²) in [6.45, 7) is 3.65. The van der Waals surface area contributed by atoms with E-state index in [1.54, 1.807) is 18.2 Å². The molecule has 3 heterocycles. The topological polar surface area (TPSA) is 110 Å². The van der Waals surface area contributed by atoms with E-state index in [9.17, 15) is 14.9 Å². The molecule has 2 saturated heterocycles. The van der Waals surface area contributed by atoms with Gasteiger partial charge in [-0.25, -0.2) is 4.98 Å². The summed E-state index contributed by atoms with van der Waals surface area (Å²) in [7, 11) is 0. The lowest BCUT2D eigenvalue weighted by Crippen LogP contribution is -2.48. The smallest absolute Gasteiger partial charge is 0.270 e. The highest BCUT2D eigenvalue weighted by Gasteiger charge is 2.42. The predicted molar refractivity (Wildman–Crippen MR) is 115 cm³/mol. The first-order valence-electron chi connectivity index (χ1n) is 10.7. The Balaban J connectivity index is 1.58. The molecule has 0 aliphatic carbocycles. The molecule has 2 fully saturated rings. The number of rotatable bonds is 9. The molecule has 170 valence electrons. The molecule has 1 unspecified atom stereocenters. The van der Waals surface area contributed by atoms with E-state index in [2.05, 4.69) is 4.98 Å². The summed E-state index contributed by atoms with van der Waals surface area (Å²) in [4.78, 5) is 27.2. The van der Waals surface area contributed by atoms with Gasteiger partial charge in [0, 0.05) is 24.8 Å². The van der Waals surface area contributed by atoms with Gasteiger partial charge >= 0.3 is 0 Å². The molecule has 2 aliphatic rings. The second-order valence-electron chi connectivity index (χ2n) is 8.12. The monoisotopic (exact) mass is 442 g/mol. The Morgan fingerprint density at radius 3 is 2.75 bits per heavy atom. The summed E-state index contributed by atoms with van der Waals surface area (Å²) >= 11 is 0. The number of nitro benzene ring substituents is 1. The van der Waals surface area contributed by atoms with Gasteiger partial charge in [0.05, 0.1) is 30.4 Å². The van der Waals surface area contributed by atoms with Crippen LogP contribution in [0.5, 0.6) is 5.88 Å². The fraction of sp³-hybridized carbons (Fsp3) is 0.478. The minimum Gasteiger partial charge on any atom is -0.475 e. The third-order valence-corrected chi connectivity index (χ3v) is 5.77. The third kappa shape index (κ3) is 4.79. The summed E-state index contributed by atoms with van der Waals surface area (Å²) in [5, 5.41) is 11.3. The molecule has 32 heavy (non-hydrogen) atoms. The highest BCUT2D eigenvalue weighted by atomic mass is 16.7. The molecular formula is C23H26N2O7. The second-order valence-corrected chi connectivity index (χ2v) is 8.12. The van der Waals surface area contributed by atoms with Gasteiger partial charge in [-0.2, -0.15) is 0 Å². The van der Waals surface area contributed by atoms with Crippen molar-refractivity contribution in [3.8, 4) is 17.0 Å². The number of pyridine rings is 1. The molecule has 1 atom stereocenters. The minimum absolute atomic E-state index is 0.00982. The van der Waals surface area contributed by atoms with Gasteiger partial charge in [-0.1, -0.05) is 6.07 Å². The molecule has 9 heteroatoms. The highest BCUT2D eigenvalue weighted by molar-refractivity contribution is 5.75. The molecule has 1 aromatic carbocycles. The van der Waals surface area contributed by atoms with Crippen LogP contribution < -0.4 is 4.74 Å². The maximum atomic E-state index is 11.8. The molecule has 0 amide bonds. The van der Waals surface area contributed by atoms with Crippen LogP contribution >= 0.6 is 0 Å². The summed E-state index contributed by atoms with van der Waals surface area (Å²) in [5.74, 6) is 0.324. The average Bonchev–Trinajstić information content (AvgIpc) is 2.77. The van der Waals surface area contributed by atoms with Crippen molar-refractivity contribution >= 4 is 12.0 Å². The minimum atomic E-state index is -0.838. The molecule has 0 spiro atoms. The fourth-order valence-corrected chi connectivity index (χ4v) is 3.79. The predicted octanol–water partition coefficient (Wildman–Crippen LogP) is 3.35. The van der Waals surface area contributed by atoms with Crippen LogP contribution in [-0.4, -0.2) is 55.5 Å². The average molecular weight is 442 g/mol. The number of hydrogen-bond donors (Lipinski definition) is 0. The Morgan fingerprint density at radius 2 is 2.09 bits per heavy atom. The normalized spacial score (nSPS) is 19.7. The summed E-state index contributed by atoms with van der Waals surface area (Å²) in [5.41, 5.74) is 1.91. The van der Waals surface area contributed by atoms with Gasteiger partial charge in [-0.15, -0.1) is 0 Å². The van der Waals surface area contributed by atoms with Crippen LogP contribution in [0.3, 0.4) is 0 Å². The number of carbonyl (C=O) groups is 1. The number of non-ortho nitro benzene ring substituents is 1. The van der Waals surface area contributed by atoms with E-state index in [4.69, 9.17) is 18.9 Å². The van der Waals surface area contributed by atoms with Crippen molar-refractivity contribution in [3.63, 3.8) is 0 Å². The van der Waals surface area contributed by atoms with Gasteiger partial charge in [0.2, 0.25) is 5.88 Å². The number of benzene rings is 1. The van der Waals surface area contributed by atoms with Crippen molar-refractivity contribution in [2.75, 3.05) is 33.0 Å². The largest absolute Gasteiger partial charge is 0.475 e. The van der Waals surface area contributed by atoms with Crippen LogP contribution in [0.25, 0.3) is 11.1 Å². The van der Waals surface area contributed by atoms with E-state index >= 15 is 0 Å². The number of aromatic nitrogens is 1. The van der Waals surface area contributed by atoms with Gasteiger partial charge in [0.25, 0.3) is 5.69 Å². The molecule has 2 aromatic rings. The Kier molecular flexibility index (Phi) is 6.78. The number of ether oxygens (including phenoxy) is 4. The van der Waals surface area contributed by atoms with Crippen molar-refractivity contribution in [2.24, 2.45) is 0 Å². The van der Waals surface area contributed by atoms with E-state index in [1.165, 1.54) is 12.1 Å². The molecular weight excluding hydrogens is 416 g/mol. The zero-order valence-electron chi connectivity index (χ0n) is 18.0. The van der Waals surface area contributed by atoms with Crippen molar-refractivity contribution in [2.45, 2.75) is 37.9 Å². The lowest BCUT2D eigenvalue weighted by molar-refractivity contribution is -0.384. The summed E-state index contributed by atoms with van der Waals surface area (Å²) < 4.78 is 22.4. The number of nitro groups is 1. The molecule has 2 aliphatic heterocycles. The molecule has 1 aromatic heterocycles. The number of nitrogens with zero attached hydrogens (tertiary/aromatic N) is 2. The Bertz CT molecular complexity index is 984. The number of aryl methyl sites for hydroxylation is 1. The zero-order chi connectivity index (χ0) is 22.6. The summed E-state index contributed by atoms with van der Waals surface area (Å²) in [6.07, 6.45) is 3.63. The molecule has 0 radical (unpaired) electrons. The molecule has 4 rings (SSSR count). The first kappa shape index (κ1) is 22.3. The standard InChI is InChI=1S/C23H26N2O7/c1-16-5-6-18(25(27)28)12-19(16)17-10-20(23(13-26)14-29-15-23)24-21(11-17)30-8-9-32-22-4-2-3-7-31-22/h5-6,10-13,22H,2-4,7-9,14-15H2,1H3. The molecule has 9 nitrogen and oxygen atoms in total. The van der Waals surface area contributed by atoms with Crippen LogP contribution in [0.15, 0.2) is 30.3 Å². The SMILES string of the molecule is Cc1ccc([N+](=O)[O-])cc1-c1cc(OCCOC2CCCCO2)nc(C2(C=O)COC2)c1. The molecule has 0 saturated carbocycles. The van der Waals surface area contributed by atoms with E-state index in [0.717, 1.165) is 31.1 Å². The lowest BCUT2D eigenvalue weighted by atomic mass is 9.82. The number of aldehydes is 1. The van der Waals surface area contributed by atoms with Crippen LogP contribution in [0.2, 0.25) is 0 Å². The van der Waals surface area contributed by atoms with Gasteiger partial charge in [-0.05, 0) is 48.9 Å². The van der Waals surface area contributed by atoms with Crippen molar-refractivity contribution < 1.29 is 28.7 Å². The lowest BCUT2D eigenvalue weighted by Gasteiger charge is -2.36. The first-order valence-corrected chi connectivity index (χ1v) is 10.7. The Labute approximate surface area is 185 Å². The van der Waals surface area contributed by atoms with Gasteiger partial charge in [0.15, 0.2) is 6.29 Å². The van der Waals surface area contributed by atoms with E-state index in [0.29, 0.717) is 35.9 Å². The maximum absolute atomic E-state index is 11.8. The van der Waals surface area contributed by atoms with Crippen molar-refractivity contribution in [3.05, 3.63) is 51.7 Å². The second kappa shape index (κ2) is 9.72. The first-order chi connectivity index (χ1) is 15.5.